The molecule has 1 fully saturated rings. The van der Waals surface area contributed by atoms with Crippen LogP contribution in [0.1, 0.15) is 36.2 Å². The Morgan fingerprint density at radius 2 is 1.67 bits per heavy atom. The number of nitrogens with two attached hydrogens (primary N) is 1. The first-order valence-corrected chi connectivity index (χ1v) is 11.5. The van der Waals surface area contributed by atoms with Crippen molar-refractivity contribution >= 4 is 17.5 Å². The number of rotatable bonds is 6. The molecule has 2 amide bonds. The number of carbonyl (C=O) groups is 2. The van der Waals surface area contributed by atoms with Crippen LogP contribution in [-0.2, 0) is 11.2 Å². The summed E-state index contributed by atoms with van der Waals surface area (Å²) in [5, 5.41) is 3.11. The minimum Gasteiger partial charge on any atom is -0.399 e. The molecule has 0 aliphatic carbocycles. The van der Waals surface area contributed by atoms with Crippen LogP contribution in [0.25, 0.3) is 11.1 Å². The highest BCUT2D eigenvalue weighted by Crippen LogP contribution is 2.36. The molecule has 1 saturated heterocycles. The number of nitrogens with one attached hydrogen (secondary N) is 1. The smallest absolute Gasteiger partial charge is 0.253 e. The van der Waals surface area contributed by atoms with Crippen molar-refractivity contribution in [2.45, 2.75) is 32.7 Å². The Morgan fingerprint density at radius 3 is 2.36 bits per heavy atom. The second-order valence-electron chi connectivity index (χ2n) is 9.25. The van der Waals surface area contributed by atoms with Gasteiger partial charge < -0.3 is 16.0 Å². The van der Waals surface area contributed by atoms with Crippen molar-refractivity contribution < 1.29 is 9.59 Å². The van der Waals surface area contributed by atoms with Gasteiger partial charge in [0.25, 0.3) is 5.91 Å². The van der Waals surface area contributed by atoms with Gasteiger partial charge in [-0.3, -0.25) is 9.59 Å². The number of nitrogens with zero attached hydrogens (tertiary/aromatic N) is 1. The van der Waals surface area contributed by atoms with E-state index in [0.29, 0.717) is 37.2 Å². The van der Waals surface area contributed by atoms with Crippen LogP contribution in [0.4, 0.5) is 5.69 Å². The summed E-state index contributed by atoms with van der Waals surface area (Å²) in [6.45, 7) is 4.87. The van der Waals surface area contributed by atoms with Crippen molar-refractivity contribution in [3.8, 4) is 11.1 Å². The van der Waals surface area contributed by atoms with E-state index in [1.165, 1.54) is 0 Å². The number of hydrogen-bond donors (Lipinski definition) is 2. The molecule has 3 aromatic carbocycles. The molecule has 1 aliphatic heterocycles. The Labute approximate surface area is 195 Å². The van der Waals surface area contributed by atoms with Gasteiger partial charge in [-0.15, -0.1) is 0 Å². The lowest BCUT2D eigenvalue weighted by Gasteiger charge is -2.29. The molecule has 5 heteroatoms. The number of amides is 2. The molecule has 0 aromatic heterocycles. The van der Waals surface area contributed by atoms with Gasteiger partial charge in [0.2, 0.25) is 5.91 Å². The molecule has 0 radical (unpaired) electrons. The second-order valence-corrected chi connectivity index (χ2v) is 9.25. The molecule has 1 unspecified atom stereocenters. The van der Waals surface area contributed by atoms with Gasteiger partial charge in [-0.1, -0.05) is 54.6 Å². The highest BCUT2D eigenvalue weighted by Gasteiger charge is 2.46. The van der Waals surface area contributed by atoms with Gasteiger partial charge in [0.15, 0.2) is 0 Å². The van der Waals surface area contributed by atoms with Crippen LogP contribution >= 0.6 is 0 Å². The molecule has 170 valence electrons. The minimum atomic E-state index is -0.664. The van der Waals surface area contributed by atoms with Crippen LogP contribution in [0.3, 0.4) is 0 Å². The number of hydrogen-bond acceptors (Lipinski definition) is 3. The SMILES string of the molecule is CC(C)NC(=O)C1(Cc2cccc(-c3ccccc3)c2)CCN(C(=O)c2ccc(N)cc2)C1. The van der Waals surface area contributed by atoms with E-state index in [9.17, 15) is 9.59 Å². The number of benzene rings is 3. The van der Waals surface area contributed by atoms with Crippen molar-refractivity contribution in [3.63, 3.8) is 0 Å². The molecule has 0 saturated carbocycles. The minimum absolute atomic E-state index is 0.00946. The summed E-state index contributed by atoms with van der Waals surface area (Å²) in [6, 6.07) is 25.6. The average molecular weight is 442 g/mol. The van der Waals surface area contributed by atoms with Gasteiger partial charge in [-0.05, 0) is 67.6 Å². The molecule has 1 heterocycles. The highest BCUT2D eigenvalue weighted by molar-refractivity contribution is 5.95. The molecular formula is C28H31N3O2. The van der Waals surface area contributed by atoms with E-state index in [2.05, 4.69) is 35.6 Å². The van der Waals surface area contributed by atoms with E-state index in [0.717, 1.165) is 16.7 Å². The summed E-state index contributed by atoms with van der Waals surface area (Å²) in [5.41, 5.74) is 9.69. The Balaban J connectivity index is 1.60. The first-order valence-electron chi connectivity index (χ1n) is 11.5. The van der Waals surface area contributed by atoms with E-state index in [1.807, 2.05) is 38.1 Å². The highest BCUT2D eigenvalue weighted by atomic mass is 16.2. The summed E-state index contributed by atoms with van der Waals surface area (Å²) in [7, 11) is 0. The molecule has 3 N–H and O–H groups in total. The van der Waals surface area contributed by atoms with Crippen LogP contribution in [0.2, 0.25) is 0 Å². The molecule has 1 aliphatic rings. The third-order valence-electron chi connectivity index (χ3n) is 6.28. The van der Waals surface area contributed by atoms with Crippen LogP contribution in [-0.4, -0.2) is 35.8 Å². The Hall–Kier alpha value is -3.60. The second kappa shape index (κ2) is 9.49. The van der Waals surface area contributed by atoms with Crippen LogP contribution < -0.4 is 11.1 Å². The first kappa shape index (κ1) is 22.6. The lowest BCUT2D eigenvalue weighted by molar-refractivity contribution is -0.130. The predicted octanol–water partition coefficient (Wildman–Crippen LogP) is 4.54. The average Bonchev–Trinajstić information content (AvgIpc) is 3.25. The quantitative estimate of drug-likeness (QED) is 0.552. The standard InChI is InChI=1S/C28H31N3O2/c1-20(2)30-27(33)28(15-16-31(19-28)26(32)23-11-13-25(29)14-12-23)18-21-7-6-10-24(17-21)22-8-4-3-5-9-22/h3-14,17,20H,15-16,18-19,29H2,1-2H3,(H,30,33). The van der Waals surface area contributed by atoms with Gasteiger partial charge in [-0.2, -0.15) is 0 Å². The van der Waals surface area contributed by atoms with Crippen molar-refractivity contribution in [3.05, 3.63) is 90.0 Å². The van der Waals surface area contributed by atoms with Crippen LogP contribution in [0.15, 0.2) is 78.9 Å². The number of anilines is 1. The summed E-state index contributed by atoms with van der Waals surface area (Å²) >= 11 is 0. The number of carbonyl (C=O) groups excluding carboxylic acids is 2. The van der Waals surface area contributed by atoms with E-state index in [-0.39, 0.29) is 17.9 Å². The molecular weight excluding hydrogens is 410 g/mol. The number of nitrogen functional groups attached to an aromatic ring is 1. The normalized spacial score (nSPS) is 17.8. The van der Waals surface area contributed by atoms with Crippen LogP contribution in [0, 0.1) is 5.41 Å². The molecule has 5 nitrogen and oxygen atoms in total. The molecule has 0 spiro atoms. The lowest BCUT2D eigenvalue weighted by atomic mass is 9.79. The zero-order valence-electron chi connectivity index (χ0n) is 19.3. The van der Waals surface area contributed by atoms with Gasteiger partial charge in [0.1, 0.15) is 0 Å². The maximum atomic E-state index is 13.4. The van der Waals surface area contributed by atoms with Crippen LogP contribution in [0.5, 0.6) is 0 Å². The Bertz CT molecular complexity index is 1130. The van der Waals surface area contributed by atoms with E-state index in [4.69, 9.17) is 5.73 Å². The molecule has 4 rings (SSSR count). The lowest BCUT2D eigenvalue weighted by Crippen LogP contribution is -2.47. The molecule has 1 atom stereocenters. The van der Waals surface area contributed by atoms with Gasteiger partial charge in [0.05, 0.1) is 5.41 Å². The monoisotopic (exact) mass is 441 g/mol. The van der Waals surface area contributed by atoms with E-state index < -0.39 is 5.41 Å². The van der Waals surface area contributed by atoms with Crippen molar-refractivity contribution in [2.75, 3.05) is 18.8 Å². The molecule has 33 heavy (non-hydrogen) atoms. The van der Waals surface area contributed by atoms with Gasteiger partial charge in [0, 0.05) is 30.4 Å². The summed E-state index contributed by atoms with van der Waals surface area (Å²) < 4.78 is 0. The molecule has 3 aromatic rings. The third kappa shape index (κ3) is 5.08. The van der Waals surface area contributed by atoms with Crippen molar-refractivity contribution in [1.82, 2.24) is 10.2 Å². The Kier molecular flexibility index (Phi) is 6.50. The summed E-state index contributed by atoms with van der Waals surface area (Å²) in [5.74, 6) is -0.0533. The van der Waals surface area contributed by atoms with Gasteiger partial charge >= 0.3 is 0 Å². The fourth-order valence-electron chi connectivity index (χ4n) is 4.56. The zero-order valence-corrected chi connectivity index (χ0v) is 19.3. The topological polar surface area (TPSA) is 75.4 Å². The summed E-state index contributed by atoms with van der Waals surface area (Å²) in [6.07, 6.45) is 1.21. The maximum Gasteiger partial charge on any atom is 0.253 e. The van der Waals surface area contributed by atoms with E-state index >= 15 is 0 Å². The predicted molar refractivity (Wildman–Crippen MR) is 133 cm³/mol. The van der Waals surface area contributed by atoms with Gasteiger partial charge in [-0.25, -0.2) is 0 Å². The summed E-state index contributed by atoms with van der Waals surface area (Å²) in [4.78, 5) is 28.4. The van der Waals surface area contributed by atoms with Crippen molar-refractivity contribution in [2.24, 2.45) is 5.41 Å². The van der Waals surface area contributed by atoms with E-state index in [1.54, 1.807) is 29.2 Å². The third-order valence-corrected chi connectivity index (χ3v) is 6.28. The largest absolute Gasteiger partial charge is 0.399 e. The Morgan fingerprint density at radius 1 is 0.970 bits per heavy atom. The molecule has 0 bridgehead atoms. The fraction of sp³-hybridized carbons (Fsp3) is 0.286. The first-order chi connectivity index (χ1) is 15.9. The maximum absolute atomic E-state index is 13.4. The van der Waals surface area contributed by atoms with Crippen molar-refractivity contribution in [1.29, 1.82) is 0 Å². The number of likely N-dealkylation sites (tertiary alicyclic amines) is 1. The fourth-order valence-corrected chi connectivity index (χ4v) is 4.56. The zero-order chi connectivity index (χ0) is 23.4.